The average Bonchev–Trinajstić information content (AvgIpc) is 3.20. The average molecular weight is 420 g/mol. The maximum atomic E-state index is 13.5. The van der Waals surface area contributed by atoms with Crippen LogP contribution >= 0.6 is 11.3 Å². The molecule has 0 aliphatic heterocycles. The van der Waals surface area contributed by atoms with Crippen LogP contribution in [0, 0.1) is 6.92 Å². The Morgan fingerprint density at radius 1 is 1.03 bits per heavy atom. The number of thiazole rings is 1. The van der Waals surface area contributed by atoms with Gasteiger partial charge < -0.3 is 9.47 Å². The second-order valence-electron chi connectivity index (χ2n) is 6.75. The van der Waals surface area contributed by atoms with Crippen LogP contribution in [0.4, 0.5) is 5.13 Å². The second kappa shape index (κ2) is 8.51. The van der Waals surface area contributed by atoms with Gasteiger partial charge in [-0.2, -0.15) is 0 Å². The Labute approximate surface area is 178 Å². The summed E-state index contributed by atoms with van der Waals surface area (Å²) in [5.41, 5.74) is 3.28. The SMILES string of the molecule is COc1ccc(C(=O)N(Cc2ccccn2)c2nc3ccc(C)cc3s2)cc1OC. The van der Waals surface area contributed by atoms with Crippen molar-refractivity contribution in [3.8, 4) is 11.5 Å². The topological polar surface area (TPSA) is 64.5 Å². The normalized spacial score (nSPS) is 10.8. The first-order valence-electron chi connectivity index (χ1n) is 9.40. The van der Waals surface area contributed by atoms with Gasteiger partial charge in [0.1, 0.15) is 0 Å². The fraction of sp³-hybridized carbons (Fsp3) is 0.174. The van der Waals surface area contributed by atoms with Gasteiger partial charge in [0, 0.05) is 11.8 Å². The third-order valence-corrected chi connectivity index (χ3v) is 5.73. The molecule has 0 bridgehead atoms. The van der Waals surface area contributed by atoms with E-state index in [-0.39, 0.29) is 5.91 Å². The molecule has 2 heterocycles. The van der Waals surface area contributed by atoms with Gasteiger partial charge in [-0.25, -0.2) is 4.98 Å². The summed E-state index contributed by atoms with van der Waals surface area (Å²) in [6, 6.07) is 16.9. The first kappa shape index (κ1) is 19.8. The zero-order chi connectivity index (χ0) is 21.1. The van der Waals surface area contributed by atoms with Crippen LogP contribution in [0.2, 0.25) is 0 Å². The molecule has 152 valence electrons. The van der Waals surface area contributed by atoms with E-state index in [4.69, 9.17) is 14.5 Å². The highest BCUT2D eigenvalue weighted by Crippen LogP contribution is 2.33. The molecule has 0 fully saturated rings. The number of anilines is 1. The minimum absolute atomic E-state index is 0.183. The smallest absolute Gasteiger partial charge is 0.260 e. The fourth-order valence-electron chi connectivity index (χ4n) is 3.14. The zero-order valence-corrected chi connectivity index (χ0v) is 17.8. The number of fused-ring (bicyclic) bond motifs is 1. The quantitative estimate of drug-likeness (QED) is 0.446. The van der Waals surface area contributed by atoms with Gasteiger partial charge in [-0.15, -0.1) is 0 Å². The number of carbonyl (C=O) groups excluding carboxylic acids is 1. The van der Waals surface area contributed by atoms with Crippen molar-refractivity contribution in [1.82, 2.24) is 9.97 Å². The summed E-state index contributed by atoms with van der Waals surface area (Å²) in [7, 11) is 3.11. The molecular formula is C23H21N3O3S. The van der Waals surface area contributed by atoms with Crippen molar-refractivity contribution >= 4 is 32.6 Å². The van der Waals surface area contributed by atoms with E-state index in [0.717, 1.165) is 21.5 Å². The minimum Gasteiger partial charge on any atom is -0.493 e. The lowest BCUT2D eigenvalue weighted by Gasteiger charge is -2.20. The van der Waals surface area contributed by atoms with Gasteiger partial charge in [-0.1, -0.05) is 23.5 Å². The maximum Gasteiger partial charge on any atom is 0.260 e. The third kappa shape index (κ3) is 3.97. The number of pyridine rings is 1. The van der Waals surface area contributed by atoms with E-state index < -0.39 is 0 Å². The second-order valence-corrected chi connectivity index (χ2v) is 7.76. The first-order valence-corrected chi connectivity index (χ1v) is 10.2. The summed E-state index contributed by atoms with van der Waals surface area (Å²) in [6.07, 6.45) is 1.72. The number of carbonyl (C=O) groups is 1. The summed E-state index contributed by atoms with van der Waals surface area (Å²) in [4.78, 5) is 24.3. The molecule has 0 aliphatic carbocycles. The number of aryl methyl sites for hydroxylation is 1. The molecule has 2 aromatic heterocycles. The maximum absolute atomic E-state index is 13.5. The van der Waals surface area contributed by atoms with Crippen molar-refractivity contribution in [2.75, 3.05) is 19.1 Å². The van der Waals surface area contributed by atoms with Crippen LogP contribution in [0.1, 0.15) is 21.6 Å². The molecule has 2 aromatic carbocycles. The van der Waals surface area contributed by atoms with Crippen LogP contribution < -0.4 is 14.4 Å². The van der Waals surface area contributed by atoms with E-state index in [2.05, 4.69) is 11.1 Å². The summed E-state index contributed by atoms with van der Waals surface area (Å²) >= 11 is 1.49. The summed E-state index contributed by atoms with van der Waals surface area (Å²) in [6.45, 7) is 2.35. The molecule has 0 radical (unpaired) electrons. The first-order chi connectivity index (χ1) is 14.6. The predicted molar refractivity (Wildman–Crippen MR) is 119 cm³/mol. The number of nitrogens with zero attached hydrogens (tertiary/aromatic N) is 3. The highest BCUT2D eigenvalue weighted by atomic mass is 32.1. The molecule has 0 unspecified atom stereocenters. The molecule has 4 rings (SSSR count). The number of amides is 1. The lowest BCUT2D eigenvalue weighted by atomic mass is 10.1. The Balaban J connectivity index is 1.77. The number of hydrogen-bond donors (Lipinski definition) is 0. The Bertz CT molecular complexity index is 1190. The van der Waals surface area contributed by atoms with E-state index in [0.29, 0.717) is 28.7 Å². The molecule has 7 heteroatoms. The van der Waals surface area contributed by atoms with Crippen LogP contribution in [0.3, 0.4) is 0 Å². The van der Waals surface area contributed by atoms with Gasteiger partial charge in [0.05, 0.1) is 36.7 Å². The van der Waals surface area contributed by atoms with Crippen LogP contribution in [0.5, 0.6) is 11.5 Å². The monoisotopic (exact) mass is 419 g/mol. The van der Waals surface area contributed by atoms with E-state index in [1.807, 2.05) is 37.3 Å². The lowest BCUT2D eigenvalue weighted by molar-refractivity contribution is 0.0984. The molecule has 30 heavy (non-hydrogen) atoms. The number of rotatable bonds is 6. The number of aromatic nitrogens is 2. The summed E-state index contributed by atoms with van der Waals surface area (Å²) < 4.78 is 11.7. The number of hydrogen-bond acceptors (Lipinski definition) is 6. The Morgan fingerprint density at radius 2 is 1.87 bits per heavy atom. The number of methoxy groups -OCH3 is 2. The Hall–Kier alpha value is -3.45. The third-order valence-electron chi connectivity index (χ3n) is 4.69. The summed E-state index contributed by atoms with van der Waals surface area (Å²) in [5.74, 6) is 0.888. The lowest BCUT2D eigenvalue weighted by Crippen LogP contribution is -2.30. The molecule has 4 aromatic rings. The Kier molecular flexibility index (Phi) is 5.63. The standard InChI is InChI=1S/C23H21N3O3S/c1-15-7-9-18-21(12-15)30-23(25-18)26(14-17-6-4-5-11-24-17)22(27)16-8-10-19(28-2)20(13-16)29-3/h4-13H,14H2,1-3H3. The van der Waals surface area contributed by atoms with E-state index in [1.165, 1.54) is 11.3 Å². The highest BCUT2D eigenvalue weighted by Gasteiger charge is 2.23. The largest absolute Gasteiger partial charge is 0.493 e. The highest BCUT2D eigenvalue weighted by molar-refractivity contribution is 7.22. The van der Waals surface area contributed by atoms with Gasteiger partial charge in [0.25, 0.3) is 5.91 Å². The molecule has 0 aliphatic rings. The molecular weight excluding hydrogens is 398 g/mol. The van der Waals surface area contributed by atoms with Gasteiger partial charge in [-0.05, 0) is 55.0 Å². The van der Waals surface area contributed by atoms with Crippen molar-refractivity contribution in [3.05, 3.63) is 77.6 Å². The molecule has 0 N–H and O–H groups in total. The van der Waals surface area contributed by atoms with Crippen molar-refractivity contribution in [2.45, 2.75) is 13.5 Å². The van der Waals surface area contributed by atoms with Crippen LogP contribution in [-0.4, -0.2) is 30.1 Å². The zero-order valence-electron chi connectivity index (χ0n) is 17.0. The van der Waals surface area contributed by atoms with Crippen molar-refractivity contribution in [3.63, 3.8) is 0 Å². The van der Waals surface area contributed by atoms with E-state index in [1.54, 1.807) is 43.5 Å². The van der Waals surface area contributed by atoms with Crippen LogP contribution in [0.25, 0.3) is 10.2 Å². The molecule has 1 amide bonds. The van der Waals surface area contributed by atoms with Gasteiger partial charge >= 0.3 is 0 Å². The molecule has 0 saturated carbocycles. The molecule has 6 nitrogen and oxygen atoms in total. The van der Waals surface area contributed by atoms with E-state index >= 15 is 0 Å². The van der Waals surface area contributed by atoms with Gasteiger partial charge in [0.15, 0.2) is 16.6 Å². The van der Waals surface area contributed by atoms with Crippen LogP contribution in [0.15, 0.2) is 60.8 Å². The van der Waals surface area contributed by atoms with Crippen molar-refractivity contribution in [1.29, 1.82) is 0 Å². The van der Waals surface area contributed by atoms with Gasteiger partial charge in [-0.3, -0.25) is 14.7 Å². The predicted octanol–water partition coefficient (Wildman–Crippen LogP) is 4.86. The van der Waals surface area contributed by atoms with E-state index in [9.17, 15) is 4.79 Å². The Morgan fingerprint density at radius 3 is 2.60 bits per heavy atom. The van der Waals surface area contributed by atoms with Crippen molar-refractivity contribution in [2.24, 2.45) is 0 Å². The molecule has 0 atom stereocenters. The van der Waals surface area contributed by atoms with Gasteiger partial charge in [0.2, 0.25) is 0 Å². The number of benzene rings is 2. The molecule has 0 spiro atoms. The van der Waals surface area contributed by atoms with Crippen LogP contribution in [-0.2, 0) is 6.54 Å². The molecule has 0 saturated heterocycles. The minimum atomic E-state index is -0.183. The van der Waals surface area contributed by atoms with Crippen molar-refractivity contribution < 1.29 is 14.3 Å². The number of ether oxygens (including phenoxy) is 2. The summed E-state index contributed by atoms with van der Waals surface area (Å²) in [5, 5.41) is 0.626. The fourth-order valence-corrected chi connectivity index (χ4v) is 4.20.